The smallest absolute Gasteiger partial charge is 0.407 e. The second-order valence-electron chi connectivity index (χ2n) is 11.5. The van der Waals surface area contributed by atoms with Crippen LogP contribution in [-0.2, 0) is 27.8 Å². The first kappa shape index (κ1) is 35.0. The Balaban J connectivity index is 1.36. The van der Waals surface area contributed by atoms with Gasteiger partial charge in [0.2, 0.25) is 10.0 Å². The Bertz CT molecular complexity index is 1920. The number of benzene rings is 2. The lowest BCUT2D eigenvalue weighted by Gasteiger charge is -2.30. The quantitative estimate of drug-likeness (QED) is 0.163. The van der Waals surface area contributed by atoms with Crippen LogP contribution in [0.5, 0.6) is 0 Å². The van der Waals surface area contributed by atoms with Crippen molar-refractivity contribution in [3.05, 3.63) is 101 Å². The largest absolute Gasteiger partial charge is 0.444 e. The molecule has 252 valence electrons. The molecule has 0 bridgehead atoms. The van der Waals surface area contributed by atoms with E-state index >= 15 is 0 Å². The lowest BCUT2D eigenvalue weighted by molar-refractivity contribution is 0.0876. The second-order valence-corrected chi connectivity index (χ2v) is 15.4. The van der Waals surface area contributed by atoms with Gasteiger partial charge in [-0.25, -0.2) is 18.2 Å². The SMILES string of the molecule is CC(C)CN(C[C@@H](O)[C@H](Cc1ccccc1)NC(=O)OCc1cncs1)S(=O)(=O)c1ccc2nc(N(C)C(=O)c3ccccn3)sc2c1. The number of sulfonamides is 1. The number of carbonyl (C=O) groups excluding carboxylic acids is 2. The standard InChI is InChI=1S/C33H36N6O6S3/c1-22(2)18-39(19-29(40)28(15-23-9-5-4-6-10-23)37-33(42)45-20-24-17-34-21-46-24)48(43,44)25-12-13-26-30(16-25)47-32(36-26)38(3)31(41)27-11-7-8-14-35-27/h4-14,16-17,21-22,28-29,40H,15,18-20H2,1-3H3,(H,37,42)/t28-,29+/m0/s1. The zero-order chi connectivity index (χ0) is 34.3. The molecule has 0 aliphatic carbocycles. The highest BCUT2D eigenvalue weighted by Gasteiger charge is 2.32. The predicted molar refractivity (Wildman–Crippen MR) is 186 cm³/mol. The van der Waals surface area contributed by atoms with Gasteiger partial charge in [-0.2, -0.15) is 4.31 Å². The topological polar surface area (TPSA) is 155 Å². The fourth-order valence-corrected chi connectivity index (χ4v) is 8.10. The molecule has 3 aromatic heterocycles. The Hall–Kier alpha value is -4.28. The van der Waals surface area contributed by atoms with Crippen molar-refractivity contribution in [3.63, 3.8) is 0 Å². The number of anilines is 1. The number of pyridine rings is 1. The number of aliphatic hydroxyl groups is 1. The first-order chi connectivity index (χ1) is 23.0. The molecule has 0 fully saturated rings. The Kier molecular flexibility index (Phi) is 11.5. The van der Waals surface area contributed by atoms with E-state index in [9.17, 15) is 23.1 Å². The molecule has 5 aromatic rings. The van der Waals surface area contributed by atoms with Gasteiger partial charge >= 0.3 is 6.09 Å². The van der Waals surface area contributed by atoms with Crippen molar-refractivity contribution in [3.8, 4) is 0 Å². The molecule has 0 unspecified atom stereocenters. The molecule has 0 aliphatic rings. The highest BCUT2D eigenvalue weighted by molar-refractivity contribution is 7.89. The summed E-state index contributed by atoms with van der Waals surface area (Å²) in [6, 6.07) is 18.1. The third-order valence-corrected chi connectivity index (χ3v) is 11.0. The molecule has 3 heterocycles. The van der Waals surface area contributed by atoms with Crippen LogP contribution in [-0.4, -0.2) is 77.1 Å². The summed E-state index contributed by atoms with van der Waals surface area (Å²) in [5, 5.41) is 14.6. The average molecular weight is 709 g/mol. The van der Waals surface area contributed by atoms with Crippen LogP contribution >= 0.6 is 22.7 Å². The van der Waals surface area contributed by atoms with Gasteiger partial charge in [-0.3, -0.25) is 19.7 Å². The molecule has 2 atom stereocenters. The van der Waals surface area contributed by atoms with Crippen molar-refractivity contribution in [2.75, 3.05) is 25.0 Å². The van der Waals surface area contributed by atoms with Gasteiger partial charge < -0.3 is 15.2 Å². The molecule has 0 saturated carbocycles. The summed E-state index contributed by atoms with van der Waals surface area (Å²) >= 11 is 2.53. The lowest BCUT2D eigenvalue weighted by Crippen LogP contribution is -2.51. The Morgan fingerprint density at radius 2 is 1.81 bits per heavy atom. The number of aliphatic hydroxyl groups excluding tert-OH is 1. The van der Waals surface area contributed by atoms with Gasteiger partial charge in [0.25, 0.3) is 5.91 Å². The Morgan fingerprint density at radius 1 is 1.04 bits per heavy atom. The zero-order valence-corrected chi connectivity index (χ0v) is 29.0. The number of hydrogen-bond acceptors (Lipinski definition) is 11. The summed E-state index contributed by atoms with van der Waals surface area (Å²) < 4.78 is 35.4. The fourth-order valence-electron chi connectivity index (χ4n) is 4.90. The van der Waals surface area contributed by atoms with Gasteiger partial charge in [0.05, 0.1) is 37.6 Å². The minimum absolute atomic E-state index is 0.0212. The molecule has 2 N–H and O–H groups in total. The van der Waals surface area contributed by atoms with E-state index in [-0.39, 0.29) is 48.5 Å². The number of nitrogens with zero attached hydrogens (tertiary/aromatic N) is 5. The number of nitrogens with one attached hydrogen (secondary N) is 1. The van der Waals surface area contributed by atoms with E-state index in [0.717, 1.165) is 10.4 Å². The first-order valence-corrected chi connectivity index (χ1v) is 18.3. The van der Waals surface area contributed by atoms with Crippen LogP contribution in [0.25, 0.3) is 10.2 Å². The molecular weight excluding hydrogens is 673 g/mol. The van der Waals surface area contributed by atoms with Gasteiger partial charge in [0, 0.05) is 32.5 Å². The summed E-state index contributed by atoms with van der Waals surface area (Å²) in [6.45, 7) is 3.64. The number of fused-ring (bicyclic) bond motifs is 1. The number of aromatic nitrogens is 3. The maximum absolute atomic E-state index is 14.1. The van der Waals surface area contributed by atoms with E-state index in [1.54, 1.807) is 43.0 Å². The third-order valence-electron chi connectivity index (χ3n) is 7.32. The van der Waals surface area contributed by atoms with E-state index < -0.39 is 28.3 Å². The van der Waals surface area contributed by atoms with E-state index in [0.29, 0.717) is 15.3 Å². The minimum atomic E-state index is -4.12. The number of thiazole rings is 2. The number of alkyl carbamates (subject to hydrolysis) is 1. The van der Waals surface area contributed by atoms with Gasteiger partial charge in [-0.05, 0) is 48.2 Å². The lowest BCUT2D eigenvalue weighted by atomic mass is 10.0. The molecule has 12 nitrogen and oxygen atoms in total. The number of rotatable bonds is 14. The maximum Gasteiger partial charge on any atom is 0.407 e. The first-order valence-electron chi connectivity index (χ1n) is 15.1. The molecule has 15 heteroatoms. The molecule has 48 heavy (non-hydrogen) atoms. The summed E-state index contributed by atoms with van der Waals surface area (Å²) in [5.41, 5.74) is 3.28. The molecule has 5 rings (SSSR count). The average Bonchev–Trinajstić information content (AvgIpc) is 3.77. The number of carbonyl (C=O) groups is 2. The van der Waals surface area contributed by atoms with Crippen molar-refractivity contribution >= 4 is 60.0 Å². The maximum atomic E-state index is 14.1. The van der Waals surface area contributed by atoms with Crippen LogP contribution < -0.4 is 10.2 Å². The molecule has 0 saturated heterocycles. The predicted octanol–water partition coefficient (Wildman–Crippen LogP) is 4.97. The van der Waals surface area contributed by atoms with Crippen LogP contribution in [0.4, 0.5) is 9.93 Å². The van der Waals surface area contributed by atoms with E-state index in [4.69, 9.17) is 4.74 Å². The molecule has 0 spiro atoms. The molecular formula is C33H36N6O6S3. The van der Waals surface area contributed by atoms with E-state index in [2.05, 4.69) is 20.3 Å². The summed E-state index contributed by atoms with van der Waals surface area (Å²) in [7, 11) is -2.52. The highest BCUT2D eigenvalue weighted by Crippen LogP contribution is 2.32. The van der Waals surface area contributed by atoms with Gasteiger partial charge in [-0.15, -0.1) is 11.3 Å². The van der Waals surface area contributed by atoms with Crippen LogP contribution in [0.15, 0.2) is 89.5 Å². The van der Waals surface area contributed by atoms with Gasteiger partial charge in [0.15, 0.2) is 5.13 Å². The van der Waals surface area contributed by atoms with Crippen molar-refractivity contribution in [2.45, 2.75) is 43.9 Å². The number of hydrogen-bond donors (Lipinski definition) is 2. The number of amides is 2. The van der Waals surface area contributed by atoms with Crippen LogP contribution in [0.3, 0.4) is 0 Å². The highest BCUT2D eigenvalue weighted by atomic mass is 32.2. The van der Waals surface area contributed by atoms with Crippen LogP contribution in [0.1, 0.15) is 34.8 Å². The van der Waals surface area contributed by atoms with Crippen LogP contribution in [0.2, 0.25) is 0 Å². The summed E-state index contributed by atoms with van der Waals surface area (Å²) in [5.74, 6) is -0.410. The fraction of sp³-hybridized carbons (Fsp3) is 0.303. The third kappa shape index (κ3) is 8.79. The monoisotopic (exact) mass is 708 g/mol. The second kappa shape index (κ2) is 15.7. The molecule has 2 amide bonds. The Morgan fingerprint density at radius 3 is 2.50 bits per heavy atom. The van der Waals surface area contributed by atoms with Gasteiger partial charge in [-0.1, -0.05) is 61.6 Å². The summed E-state index contributed by atoms with van der Waals surface area (Å²) in [4.78, 5) is 40.5. The minimum Gasteiger partial charge on any atom is -0.444 e. The van der Waals surface area contributed by atoms with E-state index in [1.165, 1.54) is 50.2 Å². The van der Waals surface area contributed by atoms with Crippen LogP contribution in [0, 0.1) is 5.92 Å². The normalized spacial score (nSPS) is 13.0. The van der Waals surface area contributed by atoms with Crippen molar-refractivity contribution in [1.29, 1.82) is 0 Å². The number of ether oxygens (including phenoxy) is 1. The Labute approximate surface area is 287 Å². The summed E-state index contributed by atoms with van der Waals surface area (Å²) in [6.07, 6.45) is 1.37. The molecule has 0 radical (unpaired) electrons. The molecule has 2 aromatic carbocycles. The molecule has 0 aliphatic heterocycles. The van der Waals surface area contributed by atoms with Gasteiger partial charge in [0.1, 0.15) is 12.3 Å². The van der Waals surface area contributed by atoms with Crippen molar-refractivity contribution < 1.29 is 27.9 Å². The van der Waals surface area contributed by atoms with Crippen molar-refractivity contribution in [2.24, 2.45) is 5.92 Å². The van der Waals surface area contributed by atoms with E-state index in [1.807, 2.05) is 44.2 Å². The zero-order valence-electron chi connectivity index (χ0n) is 26.6. The van der Waals surface area contributed by atoms with Crippen molar-refractivity contribution in [1.82, 2.24) is 24.6 Å².